The van der Waals surface area contributed by atoms with Gasteiger partial charge in [0.1, 0.15) is 5.02 Å². The first-order chi connectivity index (χ1) is 5.66. The Morgan fingerprint density at radius 1 is 1.58 bits per heavy atom. The molecule has 0 aliphatic rings. The second-order valence-corrected chi connectivity index (χ2v) is 2.71. The van der Waals surface area contributed by atoms with Crippen LogP contribution in [0.1, 0.15) is 6.92 Å². The van der Waals surface area contributed by atoms with E-state index in [2.05, 4.69) is 4.98 Å². The third-order valence-electron chi connectivity index (χ3n) is 1.19. The van der Waals surface area contributed by atoms with E-state index in [0.29, 0.717) is 6.61 Å². The van der Waals surface area contributed by atoms with E-state index in [0.717, 1.165) is 0 Å². The summed E-state index contributed by atoms with van der Waals surface area (Å²) in [6, 6.07) is 0. The third-order valence-corrected chi connectivity index (χ3v) is 1.91. The molecule has 0 aliphatic carbocycles. The lowest BCUT2D eigenvalue weighted by molar-refractivity contribution is 0.320. The number of pyridine rings is 1. The number of aromatic nitrogens is 1. The Morgan fingerprint density at radius 2 is 2.25 bits per heavy atom. The molecule has 0 saturated heterocycles. The molecule has 0 saturated carbocycles. The Hall–Kier alpha value is -0.540. The van der Waals surface area contributed by atoms with Crippen LogP contribution in [0.25, 0.3) is 0 Å². The molecule has 0 bridgehead atoms. The average Bonchev–Trinajstić information content (AvgIpc) is 2.07. The molecule has 1 aromatic heterocycles. The fourth-order valence-corrected chi connectivity index (χ4v) is 0.957. The zero-order valence-corrected chi connectivity index (χ0v) is 7.79. The van der Waals surface area contributed by atoms with Crippen LogP contribution < -0.4 is 4.74 Å². The monoisotopic (exact) mass is 209 g/mol. The van der Waals surface area contributed by atoms with Gasteiger partial charge >= 0.3 is 0 Å². The van der Waals surface area contributed by atoms with Gasteiger partial charge in [0.2, 0.25) is 0 Å². The topological polar surface area (TPSA) is 22.1 Å². The van der Waals surface area contributed by atoms with Crippen molar-refractivity contribution in [3.63, 3.8) is 0 Å². The maximum Gasteiger partial charge on any atom is 0.188 e. The lowest BCUT2D eigenvalue weighted by Gasteiger charge is -2.04. The summed E-state index contributed by atoms with van der Waals surface area (Å²) < 4.78 is 18.0. The molecule has 0 aliphatic heterocycles. The summed E-state index contributed by atoms with van der Waals surface area (Å²) in [6.45, 7) is 2.10. The predicted molar refractivity (Wildman–Crippen MR) is 45.4 cm³/mol. The molecule has 0 fully saturated rings. The van der Waals surface area contributed by atoms with Gasteiger partial charge < -0.3 is 4.74 Å². The molecule has 1 rings (SSSR count). The van der Waals surface area contributed by atoms with Gasteiger partial charge in [0.15, 0.2) is 16.7 Å². The van der Waals surface area contributed by atoms with Crippen LogP contribution in [0.5, 0.6) is 5.75 Å². The van der Waals surface area contributed by atoms with Crippen LogP contribution in [-0.2, 0) is 0 Å². The number of ether oxygens (including phenoxy) is 1. The van der Waals surface area contributed by atoms with Gasteiger partial charge in [0.05, 0.1) is 12.8 Å². The van der Waals surface area contributed by atoms with Gasteiger partial charge in [0, 0.05) is 0 Å². The van der Waals surface area contributed by atoms with Gasteiger partial charge in [-0.25, -0.2) is 9.37 Å². The van der Waals surface area contributed by atoms with Crippen LogP contribution in [0.3, 0.4) is 0 Å². The van der Waals surface area contributed by atoms with E-state index in [4.69, 9.17) is 27.9 Å². The molecule has 5 heteroatoms. The van der Waals surface area contributed by atoms with Crippen LogP contribution in [-0.4, -0.2) is 11.6 Å². The summed E-state index contributed by atoms with van der Waals surface area (Å²) in [7, 11) is 0. The predicted octanol–water partition coefficient (Wildman–Crippen LogP) is 2.93. The maximum atomic E-state index is 13.1. The fraction of sp³-hybridized carbons (Fsp3) is 0.286. The van der Waals surface area contributed by atoms with Gasteiger partial charge in [-0.05, 0) is 6.92 Å². The molecule has 2 nitrogen and oxygen atoms in total. The van der Waals surface area contributed by atoms with Crippen LogP contribution in [0.15, 0.2) is 6.20 Å². The zero-order chi connectivity index (χ0) is 9.14. The standard InChI is InChI=1S/C7H6Cl2FNO/c1-2-12-4-3-11-7(9)5(8)6(4)10/h3H,2H2,1H3. The molecular formula is C7H6Cl2FNO. The van der Waals surface area contributed by atoms with Crippen LogP contribution in [0, 0.1) is 5.82 Å². The number of hydrogen-bond donors (Lipinski definition) is 0. The second kappa shape index (κ2) is 3.92. The highest BCUT2D eigenvalue weighted by atomic mass is 35.5. The first-order valence-electron chi connectivity index (χ1n) is 3.29. The first kappa shape index (κ1) is 9.55. The smallest absolute Gasteiger partial charge is 0.188 e. The van der Waals surface area contributed by atoms with Crippen LogP contribution in [0.4, 0.5) is 4.39 Å². The van der Waals surface area contributed by atoms with Crippen molar-refractivity contribution in [3.05, 3.63) is 22.2 Å². The summed E-state index contributed by atoms with van der Waals surface area (Å²) in [5.74, 6) is -0.648. The molecule has 12 heavy (non-hydrogen) atoms. The minimum absolute atomic E-state index is 0.0203. The Kier molecular flexibility index (Phi) is 3.12. The minimum Gasteiger partial charge on any atom is -0.489 e. The molecule has 1 aromatic rings. The summed E-state index contributed by atoms with van der Waals surface area (Å²) >= 11 is 10.9. The van der Waals surface area contributed by atoms with Gasteiger partial charge in [-0.15, -0.1) is 0 Å². The van der Waals surface area contributed by atoms with E-state index >= 15 is 0 Å². The van der Waals surface area contributed by atoms with E-state index < -0.39 is 5.82 Å². The highest BCUT2D eigenvalue weighted by Crippen LogP contribution is 2.28. The van der Waals surface area contributed by atoms with Crippen molar-refractivity contribution in [1.82, 2.24) is 4.98 Å². The van der Waals surface area contributed by atoms with Crippen molar-refractivity contribution in [2.45, 2.75) is 6.92 Å². The lowest BCUT2D eigenvalue weighted by Crippen LogP contribution is -1.96. The van der Waals surface area contributed by atoms with Crippen LogP contribution in [0.2, 0.25) is 10.2 Å². The number of nitrogens with zero attached hydrogens (tertiary/aromatic N) is 1. The van der Waals surface area contributed by atoms with Crippen molar-refractivity contribution in [2.75, 3.05) is 6.61 Å². The third kappa shape index (κ3) is 1.79. The second-order valence-electron chi connectivity index (χ2n) is 1.97. The van der Waals surface area contributed by atoms with Crippen molar-refractivity contribution in [3.8, 4) is 5.75 Å². The lowest BCUT2D eigenvalue weighted by atomic mass is 10.4. The summed E-state index contributed by atoms with van der Waals surface area (Å²) in [5.41, 5.74) is 0. The Bertz CT molecular complexity index is 293. The zero-order valence-electron chi connectivity index (χ0n) is 6.27. The normalized spacial score (nSPS) is 10.0. The fourth-order valence-electron chi connectivity index (χ4n) is 0.684. The van der Waals surface area contributed by atoms with E-state index in [1.54, 1.807) is 6.92 Å². The Balaban J connectivity index is 3.08. The Morgan fingerprint density at radius 3 is 2.83 bits per heavy atom. The first-order valence-corrected chi connectivity index (χ1v) is 4.04. The van der Waals surface area contributed by atoms with E-state index in [1.165, 1.54) is 6.20 Å². The molecule has 0 N–H and O–H groups in total. The molecule has 0 aromatic carbocycles. The number of hydrogen-bond acceptors (Lipinski definition) is 2. The average molecular weight is 210 g/mol. The highest BCUT2D eigenvalue weighted by Gasteiger charge is 2.11. The molecule has 0 amide bonds. The van der Waals surface area contributed by atoms with Crippen molar-refractivity contribution in [2.24, 2.45) is 0 Å². The summed E-state index contributed by atoms with van der Waals surface area (Å²) in [5, 5.41) is -0.264. The summed E-state index contributed by atoms with van der Waals surface area (Å²) in [6.07, 6.45) is 1.20. The van der Waals surface area contributed by atoms with Gasteiger partial charge in [-0.1, -0.05) is 23.2 Å². The van der Waals surface area contributed by atoms with Crippen molar-refractivity contribution in [1.29, 1.82) is 0 Å². The molecule has 1 heterocycles. The van der Waals surface area contributed by atoms with Crippen LogP contribution >= 0.6 is 23.2 Å². The van der Waals surface area contributed by atoms with Crippen molar-refractivity contribution >= 4 is 23.2 Å². The van der Waals surface area contributed by atoms with Crippen molar-refractivity contribution < 1.29 is 9.13 Å². The molecule has 0 spiro atoms. The quantitative estimate of drug-likeness (QED) is 0.700. The number of rotatable bonds is 2. The molecule has 0 radical (unpaired) electrons. The summed E-state index contributed by atoms with van der Waals surface area (Å²) in [4.78, 5) is 3.63. The maximum absolute atomic E-state index is 13.1. The minimum atomic E-state index is -0.668. The highest BCUT2D eigenvalue weighted by molar-refractivity contribution is 6.41. The van der Waals surface area contributed by atoms with E-state index in [9.17, 15) is 4.39 Å². The van der Waals surface area contributed by atoms with E-state index in [1.807, 2.05) is 0 Å². The van der Waals surface area contributed by atoms with Gasteiger partial charge in [0.25, 0.3) is 0 Å². The van der Waals surface area contributed by atoms with Gasteiger partial charge in [-0.2, -0.15) is 0 Å². The molecule has 66 valence electrons. The number of halogens is 3. The molecule has 0 atom stereocenters. The van der Waals surface area contributed by atoms with Gasteiger partial charge in [-0.3, -0.25) is 0 Å². The molecular weight excluding hydrogens is 204 g/mol. The molecule has 0 unspecified atom stereocenters. The van der Waals surface area contributed by atoms with E-state index in [-0.39, 0.29) is 15.9 Å². The Labute approximate surface area is 79.3 Å². The SMILES string of the molecule is CCOc1cnc(Cl)c(Cl)c1F. The largest absolute Gasteiger partial charge is 0.489 e.